The van der Waals surface area contributed by atoms with E-state index >= 15 is 0 Å². The van der Waals surface area contributed by atoms with Crippen LogP contribution in [-0.2, 0) is 9.59 Å². The van der Waals surface area contributed by atoms with Crippen molar-refractivity contribution in [1.82, 2.24) is 10.2 Å². The smallest absolute Gasteiger partial charge is 0.253 e. The van der Waals surface area contributed by atoms with Gasteiger partial charge < -0.3 is 15.5 Å². The highest BCUT2D eigenvalue weighted by atomic mass is 16.2. The summed E-state index contributed by atoms with van der Waals surface area (Å²) in [7, 11) is 0. The monoisotopic (exact) mass is 385 g/mol. The quantitative estimate of drug-likeness (QED) is 0.756. The topological polar surface area (TPSA) is 78.5 Å². The third-order valence-electron chi connectivity index (χ3n) is 5.74. The van der Waals surface area contributed by atoms with E-state index in [2.05, 4.69) is 17.6 Å². The van der Waals surface area contributed by atoms with Crippen molar-refractivity contribution in [2.24, 2.45) is 5.92 Å². The number of unbranched alkanes of at least 4 members (excludes halogenated alkanes) is 1. The second kappa shape index (κ2) is 9.71. The molecule has 1 saturated carbocycles. The molecule has 0 aromatic heterocycles. The summed E-state index contributed by atoms with van der Waals surface area (Å²) in [4.78, 5) is 39.4. The largest absolute Gasteiger partial charge is 0.349 e. The molecule has 1 aliphatic heterocycles. The zero-order valence-corrected chi connectivity index (χ0v) is 16.7. The van der Waals surface area contributed by atoms with Crippen molar-refractivity contribution in [2.45, 2.75) is 64.3 Å². The summed E-state index contributed by atoms with van der Waals surface area (Å²) in [5, 5.41) is 5.99. The van der Waals surface area contributed by atoms with Crippen LogP contribution in [0.4, 0.5) is 5.69 Å². The van der Waals surface area contributed by atoms with Gasteiger partial charge in [-0.15, -0.1) is 0 Å². The Balaban J connectivity index is 1.62. The first-order valence-electron chi connectivity index (χ1n) is 10.6. The molecule has 0 spiro atoms. The van der Waals surface area contributed by atoms with Crippen LogP contribution in [0, 0.1) is 5.92 Å². The number of anilines is 1. The normalized spacial score (nSPS) is 20.2. The Morgan fingerprint density at radius 3 is 2.64 bits per heavy atom. The van der Waals surface area contributed by atoms with E-state index in [9.17, 15) is 14.4 Å². The minimum atomic E-state index is -0.362. The van der Waals surface area contributed by atoms with E-state index in [4.69, 9.17) is 0 Å². The van der Waals surface area contributed by atoms with Crippen LogP contribution in [0.25, 0.3) is 0 Å². The van der Waals surface area contributed by atoms with Crippen LogP contribution >= 0.6 is 0 Å². The maximum Gasteiger partial charge on any atom is 0.253 e. The average molecular weight is 386 g/mol. The fourth-order valence-electron chi connectivity index (χ4n) is 4.05. The summed E-state index contributed by atoms with van der Waals surface area (Å²) in [5.41, 5.74) is 0.994. The highest BCUT2D eigenvalue weighted by Gasteiger charge is 2.34. The van der Waals surface area contributed by atoms with Crippen LogP contribution in [0.15, 0.2) is 24.3 Å². The Morgan fingerprint density at radius 1 is 1.14 bits per heavy atom. The standard InChI is InChI=1S/C22H31N3O3/c1-2-3-13-25-15-16(14-20(25)26)21(27)24-19-12-8-7-11-18(19)22(28)23-17-9-5-4-6-10-17/h7-8,11-12,16-17H,2-6,9-10,13-15H2,1H3,(H,23,28)(H,24,27)/t16-/m0/s1. The van der Waals surface area contributed by atoms with Crippen molar-refractivity contribution in [3.05, 3.63) is 29.8 Å². The van der Waals surface area contributed by atoms with E-state index in [1.165, 1.54) is 6.42 Å². The van der Waals surface area contributed by atoms with Gasteiger partial charge >= 0.3 is 0 Å². The second-order valence-corrected chi connectivity index (χ2v) is 7.94. The van der Waals surface area contributed by atoms with E-state index in [0.717, 1.165) is 38.5 Å². The number of amides is 3. The number of carbonyl (C=O) groups is 3. The number of benzene rings is 1. The van der Waals surface area contributed by atoms with Gasteiger partial charge in [0.25, 0.3) is 5.91 Å². The predicted molar refractivity (Wildman–Crippen MR) is 109 cm³/mol. The van der Waals surface area contributed by atoms with Crippen molar-refractivity contribution in [3.8, 4) is 0 Å². The molecule has 28 heavy (non-hydrogen) atoms. The van der Waals surface area contributed by atoms with Crippen LogP contribution in [0.2, 0.25) is 0 Å². The van der Waals surface area contributed by atoms with Crippen LogP contribution in [0.3, 0.4) is 0 Å². The summed E-state index contributed by atoms with van der Waals surface area (Å²) in [6, 6.07) is 7.31. The zero-order chi connectivity index (χ0) is 19.9. The number of likely N-dealkylation sites (tertiary alicyclic amines) is 1. The summed E-state index contributed by atoms with van der Waals surface area (Å²) >= 11 is 0. The number of carbonyl (C=O) groups excluding carboxylic acids is 3. The van der Waals surface area contributed by atoms with Crippen molar-refractivity contribution in [2.75, 3.05) is 18.4 Å². The van der Waals surface area contributed by atoms with Crippen LogP contribution < -0.4 is 10.6 Å². The highest BCUT2D eigenvalue weighted by molar-refractivity contribution is 6.05. The molecule has 1 aromatic rings. The van der Waals surface area contributed by atoms with E-state index in [-0.39, 0.29) is 36.1 Å². The molecular formula is C22H31N3O3. The van der Waals surface area contributed by atoms with Gasteiger partial charge in [0.05, 0.1) is 17.2 Å². The summed E-state index contributed by atoms with van der Waals surface area (Å²) < 4.78 is 0. The van der Waals surface area contributed by atoms with E-state index in [1.54, 1.807) is 29.2 Å². The molecule has 152 valence electrons. The number of hydrogen-bond donors (Lipinski definition) is 2. The minimum Gasteiger partial charge on any atom is -0.349 e. The molecule has 6 nitrogen and oxygen atoms in total. The zero-order valence-electron chi connectivity index (χ0n) is 16.7. The lowest BCUT2D eigenvalue weighted by Gasteiger charge is -2.23. The van der Waals surface area contributed by atoms with Gasteiger partial charge in [-0.3, -0.25) is 14.4 Å². The minimum absolute atomic E-state index is 0.0388. The Labute approximate surface area is 167 Å². The number of para-hydroxylation sites is 1. The summed E-state index contributed by atoms with van der Waals surface area (Å²) in [6.45, 7) is 3.25. The lowest BCUT2D eigenvalue weighted by Crippen LogP contribution is -2.36. The molecule has 2 aliphatic rings. The van der Waals surface area contributed by atoms with Crippen molar-refractivity contribution in [3.63, 3.8) is 0 Å². The van der Waals surface area contributed by atoms with E-state index in [1.807, 2.05) is 0 Å². The fraction of sp³-hybridized carbons (Fsp3) is 0.591. The maximum atomic E-state index is 12.7. The first-order chi connectivity index (χ1) is 13.6. The van der Waals surface area contributed by atoms with Crippen LogP contribution in [0.5, 0.6) is 0 Å². The Morgan fingerprint density at radius 2 is 1.89 bits per heavy atom. The SMILES string of the molecule is CCCCN1C[C@@H](C(=O)Nc2ccccc2C(=O)NC2CCCCC2)CC1=O. The van der Waals surface area contributed by atoms with E-state index < -0.39 is 0 Å². The van der Waals surface area contributed by atoms with E-state index in [0.29, 0.717) is 24.3 Å². The van der Waals surface area contributed by atoms with Gasteiger partial charge in [-0.1, -0.05) is 44.7 Å². The third-order valence-corrected chi connectivity index (χ3v) is 5.74. The fourth-order valence-corrected chi connectivity index (χ4v) is 4.05. The van der Waals surface area contributed by atoms with Gasteiger partial charge in [0.1, 0.15) is 0 Å². The molecule has 2 N–H and O–H groups in total. The predicted octanol–water partition coefficient (Wildman–Crippen LogP) is 3.34. The molecule has 1 saturated heterocycles. The van der Waals surface area contributed by atoms with Crippen molar-refractivity contribution >= 4 is 23.4 Å². The molecule has 3 rings (SSSR count). The molecule has 1 aromatic carbocycles. The third kappa shape index (κ3) is 5.12. The lowest BCUT2D eigenvalue weighted by molar-refractivity contribution is -0.128. The Hall–Kier alpha value is -2.37. The van der Waals surface area contributed by atoms with Gasteiger partial charge in [0, 0.05) is 25.6 Å². The average Bonchev–Trinajstić information content (AvgIpc) is 3.08. The van der Waals surface area contributed by atoms with Crippen molar-refractivity contribution < 1.29 is 14.4 Å². The molecule has 1 heterocycles. The lowest BCUT2D eigenvalue weighted by atomic mass is 9.95. The van der Waals surface area contributed by atoms with Crippen LogP contribution in [0.1, 0.15) is 68.6 Å². The number of nitrogens with zero attached hydrogens (tertiary/aromatic N) is 1. The Kier molecular flexibility index (Phi) is 7.06. The summed E-state index contributed by atoms with van der Waals surface area (Å²) in [5.74, 6) is -0.657. The summed E-state index contributed by atoms with van der Waals surface area (Å²) in [6.07, 6.45) is 7.76. The molecule has 2 fully saturated rings. The van der Waals surface area contributed by atoms with Gasteiger partial charge in [-0.05, 0) is 31.4 Å². The molecule has 0 unspecified atom stereocenters. The number of hydrogen-bond acceptors (Lipinski definition) is 3. The van der Waals surface area contributed by atoms with Crippen LogP contribution in [-0.4, -0.2) is 41.8 Å². The molecule has 0 radical (unpaired) electrons. The molecule has 3 amide bonds. The first kappa shape index (κ1) is 20.4. The molecule has 0 bridgehead atoms. The molecule has 6 heteroatoms. The first-order valence-corrected chi connectivity index (χ1v) is 10.6. The second-order valence-electron chi connectivity index (χ2n) is 7.94. The number of nitrogens with one attached hydrogen (secondary N) is 2. The van der Waals surface area contributed by atoms with Gasteiger partial charge in [0.15, 0.2) is 0 Å². The number of rotatable bonds is 7. The molecule has 1 aliphatic carbocycles. The molecular weight excluding hydrogens is 354 g/mol. The van der Waals surface area contributed by atoms with Gasteiger partial charge in [0.2, 0.25) is 11.8 Å². The van der Waals surface area contributed by atoms with Crippen molar-refractivity contribution in [1.29, 1.82) is 0 Å². The van der Waals surface area contributed by atoms with Gasteiger partial charge in [-0.2, -0.15) is 0 Å². The molecule has 1 atom stereocenters. The maximum absolute atomic E-state index is 12.7. The highest BCUT2D eigenvalue weighted by Crippen LogP contribution is 2.23. The Bertz CT molecular complexity index is 713. The van der Waals surface area contributed by atoms with Gasteiger partial charge in [-0.25, -0.2) is 0 Å².